The molecule has 1 N–H and O–H groups in total. The Balaban J connectivity index is 2.29. The molecule has 0 spiro atoms. The maximum atomic E-state index is 13.9. The number of Topliss-reactive ketones (excluding diaryl/α,β-unsaturated/α-hetero) is 1. The third-order valence-electron chi connectivity index (χ3n) is 7.19. The van der Waals surface area contributed by atoms with E-state index in [1.807, 2.05) is 19.1 Å². The molecule has 0 heterocycles. The summed E-state index contributed by atoms with van der Waals surface area (Å²) in [6.07, 6.45) is 0.995. The molecule has 2 saturated carbocycles. The van der Waals surface area contributed by atoms with Crippen molar-refractivity contribution in [1.29, 1.82) is 0 Å². The topological polar surface area (TPSA) is 83.5 Å². The highest BCUT2D eigenvalue weighted by molar-refractivity contribution is 5.99. The molecule has 6 atom stereocenters. The summed E-state index contributed by atoms with van der Waals surface area (Å²) in [7, 11) is 7.65. The van der Waals surface area contributed by atoms with Crippen molar-refractivity contribution in [3.05, 3.63) is 30.4 Å². The maximum absolute atomic E-state index is 13.9. The van der Waals surface area contributed by atoms with Crippen LogP contribution < -0.4 is 14.2 Å². The van der Waals surface area contributed by atoms with Crippen LogP contribution in [0, 0.1) is 11.3 Å². The number of allylic oxidation sites excluding steroid dienone is 1. The Kier molecular flexibility index (Phi) is 6.18. The molecule has 7 nitrogen and oxygen atoms in total. The van der Waals surface area contributed by atoms with Crippen molar-refractivity contribution in [3.63, 3.8) is 0 Å². The van der Waals surface area contributed by atoms with E-state index in [1.165, 1.54) is 14.2 Å². The highest BCUT2D eigenvalue weighted by Crippen LogP contribution is 2.64. The zero-order valence-electron chi connectivity index (χ0n) is 18.6. The van der Waals surface area contributed by atoms with Crippen LogP contribution in [0.4, 0.5) is 0 Å². The molecule has 1 aromatic rings. The van der Waals surface area contributed by atoms with Crippen LogP contribution in [-0.2, 0) is 14.3 Å². The Labute approximate surface area is 177 Å². The fourth-order valence-electron chi connectivity index (χ4n) is 5.76. The van der Waals surface area contributed by atoms with Gasteiger partial charge < -0.3 is 28.8 Å². The van der Waals surface area contributed by atoms with Crippen molar-refractivity contribution in [1.82, 2.24) is 0 Å². The molecule has 166 valence electrons. The Morgan fingerprint density at radius 3 is 2.17 bits per heavy atom. The summed E-state index contributed by atoms with van der Waals surface area (Å²) in [5, 5.41) is 11.3. The number of rotatable bonds is 8. The average molecular weight is 421 g/mol. The molecule has 2 bridgehead atoms. The Morgan fingerprint density at radius 2 is 1.73 bits per heavy atom. The minimum absolute atomic E-state index is 0.107. The molecule has 0 unspecified atom stereocenters. The van der Waals surface area contributed by atoms with E-state index in [1.54, 1.807) is 27.4 Å². The van der Waals surface area contributed by atoms with Crippen LogP contribution in [0.15, 0.2) is 24.8 Å². The van der Waals surface area contributed by atoms with Gasteiger partial charge in [-0.2, -0.15) is 0 Å². The van der Waals surface area contributed by atoms with Gasteiger partial charge in [0.05, 0.1) is 27.4 Å². The molecule has 0 aliphatic heterocycles. The van der Waals surface area contributed by atoms with E-state index in [0.717, 1.165) is 5.56 Å². The molecular formula is C23H32O7. The second-order valence-electron chi connectivity index (χ2n) is 8.12. The lowest BCUT2D eigenvalue weighted by Gasteiger charge is -2.45. The first-order valence-electron chi connectivity index (χ1n) is 10.0. The number of aliphatic hydroxyl groups excluding tert-OH is 1. The zero-order valence-corrected chi connectivity index (χ0v) is 18.6. The van der Waals surface area contributed by atoms with E-state index in [9.17, 15) is 9.90 Å². The Hall–Kier alpha value is -2.09. The minimum atomic E-state index is -1.45. The van der Waals surface area contributed by atoms with Gasteiger partial charge in [0.1, 0.15) is 6.10 Å². The largest absolute Gasteiger partial charge is 0.493 e. The lowest BCUT2D eigenvalue weighted by molar-refractivity contribution is -0.190. The van der Waals surface area contributed by atoms with E-state index in [2.05, 4.69) is 6.58 Å². The van der Waals surface area contributed by atoms with Crippen molar-refractivity contribution in [2.75, 3.05) is 35.5 Å². The van der Waals surface area contributed by atoms with E-state index in [-0.39, 0.29) is 11.7 Å². The number of hydrogen-bond donors (Lipinski definition) is 1. The van der Waals surface area contributed by atoms with Crippen molar-refractivity contribution >= 4 is 5.78 Å². The molecule has 2 aliphatic rings. The molecule has 3 rings (SSSR count). The molecule has 30 heavy (non-hydrogen) atoms. The highest BCUT2D eigenvalue weighted by Gasteiger charge is 2.74. The quantitative estimate of drug-likeness (QED) is 0.648. The number of hydrogen-bond acceptors (Lipinski definition) is 7. The van der Waals surface area contributed by atoms with Gasteiger partial charge in [-0.3, -0.25) is 4.79 Å². The number of benzene rings is 1. The molecule has 0 amide bonds. The second kappa shape index (κ2) is 8.21. The van der Waals surface area contributed by atoms with E-state index in [4.69, 9.17) is 23.7 Å². The van der Waals surface area contributed by atoms with Crippen LogP contribution in [0.2, 0.25) is 0 Å². The van der Waals surface area contributed by atoms with Crippen LogP contribution in [-0.4, -0.2) is 64.2 Å². The number of aliphatic hydroxyl groups is 1. The van der Waals surface area contributed by atoms with Gasteiger partial charge in [0.15, 0.2) is 22.9 Å². The lowest BCUT2D eigenvalue weighted by atomic mass is 9.66. The third-order valence-corrected chi connectivity index (χ3v) is 7.19. The molecular weight excluding hydrogens is 388 g/mol. The predicted molar refractivity (Wildman–Crippen MR) is 111 cm³/mol. The molecule has 2 aliphatic carbocycles. The fourth-order valence-corrected chi connectivity index (χ4v) is 5.76. The van der Waals surface area contributed by atoms with Crippen LogP contribution >= 0.6 is 0 Å². The summed E-state index contributed by atoms with van der Waals surface area (Å²) in [5.74, 6) is 0.722. The van der Waals surface area contributed by atoms with Crippen molar-refractivity contribution < 1.29 is 33.6 Å². The summed E-state index contributed by atoms with van der Waals surface area (Å²) in [6, 6.07) is 3.65. The summed E-state index contributed by atoms with van der Waals surface area (Å²) >= 11 is 0. The fraction of sp³-hybridized carbons (Fsp3) is 0.609. The molecule has 0 saturated heterocycles. The van der Waals surface area contributed by atoms with E-state index >= 15 is 0 Å². The number of ketones is 1. The van der Waals surface area contributed by atoms with Gasteiger partial charge >= 0.3 is 0 Å². The molecule has 2 fully saturated rings. The maximum Gasteiger partial charge on any atom is 0.203 e. The zero-order chi connectivity index (χ0) is 22.3. The number of methoxy groups -OCH3 is 5. The monoisotopic (exact) mass is 420 g/mol. The normalized spacial score (nSPS) is 35.2. The first kappa shape index (κ1) is 22.6. The van der Waals surface area contributed by atoms with Gasteiger partial charge in [0, 0.05) is 25.6 Å². The summed E-state index contributed by atoms with van der Waals surface area (Å²) in [6.45, 7) is 5.90. The smallest absolute Gasteiger partial charge is 0.203 e. The minimum Gasteiger partial charge on any atom is -0.493 e. The molecule has 0 radical (unpaired) electrons. The van der Waals surface area contributed by atoms with Gasteiger partial charge in [-0.15, -0.1) is 6.58 Å². The molecule has 1 aromatic carbocycles. The Morgan fingerprint density at radius 1 is 1.13 bits per heavy atom. The molecule has 0 aromatic heterocycles. The SMILES string of the molecule is C=CC[C@@]12C[C@@H](OC)[C@@H](O)[C@@](OC)(C1=O)[C@@H](c1cc(OC)c(OC)c(OC)c1)[C@@H]2C. The average Bonchev–Trinajstić information content (AvgIpc) is 2.89. The van der Waals surface area contributed by atoms with E-state index < -0.39 is 29.1 Å². The van der Waals surface area contributed by atoms with E-state index in [0.29, 0.717) is 30.1 Å². The third kappa shape index (κ3) is 2.79. The predicted octanol–water partition coefficient (Wildman–Crippen LogP) is 2.74. The number of ether oxygens (including phenoxy) is 5. The van der Waals surface area contributed by atoms with Crippen LogP contribution in [0.25, 0.3) is 0 Å². The van der Waals surface area contributed by atoms with Crippen LogP contribution in [0.5, 0.6) is 17.2 Å². The van der Waals surface area contributed by atoms with Crippen molar-refractivity contribution in [2.24, 2.45) is 11.3 Å². The van der Waals surface area contributed by atoms with Crippen molar-refractivity contribution in [3.8, 4) is 17.2 Å². The highest BCUT2D eigenvalue weighted by atomic mass is 16.5. The van der Waals surface area contributed by atoms with Gasteiger partial charge in [0.2, 0.25) is 5.75 Å². The number of carbonyl (C=O) groups is 1. The van der Waals surface area contributed by atoms with Gasteiger partial charge in [-0.1, -0.05) is 13.0 Å². The van der Waals surface area contributed by atoms with Gasteiger partial charge in [-0.05, 0) is 36.5 Å². The van der Waals surface area contributed by atoms with Gasteiger partial charge in [0.25, 0.3) is 0 Å². The first-order chi connectivity index (χ1) is 14.3. The summed E-state index contributed by atoms with van der Waals surface area (Å²) < 4.78 is 28.0. The molecule has 7 heteroatoms. The van der Waals surface area contributed by atoms with Crippen LogP contribution in [0.1, 0.15) is 31.2 Å². The van der Waals surface area contributed by atoms with Crippen LogP contribution in [0.3, 0.4) is 0 Å². The Bertz CT molecular complexity index is 797. The number of fused-ring (bicyclic) bond motifs is 2. The van der Waals surface area contributed by atoms with Gasteiger partial charge in [-0.25, -0.2) is 0 Å². The second-order valence-corrected chi connectivity index (χ2v) is 8.12. The number of carbonyl (C=O) groups excluding carboxylic acids is 1. The summed E-state index contributed by atoms with van der Waals surface area (Å²) in [4.78, 5) is 13.9. The van der Waals surface area contributed by atoms with Crippen molar-refractivity contribution in [2.45, 2.75) is 43.5 Å². The first-order valence-corrected chi connectivity index (χ1v) is 10.0. The lowest BCUT2D eigenvalue weighted by Crippen LogP contribution is -2.62. The standard InChI is InChI=1S/C23H32O7/c1-8-9-22-12-17(28-5)20(24)23(30-7,21(22)25)18(13(22)2)14-10-15(26-3)19(29-6)16(11-14)27-4/h8,10-11,13,17-18,20,24H,1,9,12H2,2-7H3/t13-,17+,18+,20+,22-,23+/m0/s1. The summed E-state index contributed by atoms with van der Waals surface area (Å²) in [5.41, 5.74) is -1.43.